The molecule has 0 aliphatic carbocycles. The predicted octanol–water partition coefficient (Wildman–Crippen LogP) is 2.93. The zero-order valence-electron chi connectivity index (χ0n) is 16.0. The van der Waals surface area contributed by atoms with E-state index in [4.69, 9.17) is 0 Å². The van der Waals surface area contributed by atoms with Crippen molar-refractivity contribution in [1.82, 2.24) is 24.8 Å². The molecule has 4 rings (SSSR count). The Hall–Kier alpha value is -3.55. The number of imidazole rings is 1. The molecule has 1 atom stereocenters. The Bertz CT molecular complexity index is 1230. The molecule has 2 heterocycles. The predicted molar refractivity (Wildman–Crippen MR) is 108 cm³/mol. The van der Waals surface area contributed by atoms with Crippen LogP contribution in [-0.2, 0) is 11.3 Å². The Labute approximate surface area is 165 Å². The maximum atomic E-state index is 13.5. The fourth-order valence-corrected chi connectivity index (χ4v) is 3.29. The summed E-state index contributed by atoms with van der Waals surface area (Å²) in [5.74, 6) is -0.159. The van der Waals surface area contributed by atoms with Crippen LogP contribution in [0.2, 0.25) is 0 Å². The average Bonchev–Trinajstić information content (AvgIpc) is 3.12. The SMILES string of the molecule is CC(C)[C@H](NC(=O)Cn1cnc2ccc(F)cc2c1=O)c1nc2ccccc2[nH]1. The molecule has 0 aliphatic rings. The largest absolute Gasteiger partial charge is 0.344 e. The second-order valence-corrected chi connectivity index (χ2v) is 7.27. The van der Waals surface area contributed by atoms with Gasteiger partial charge < -0.3 is 10.3 Å². The molecule has 0 unspecified atom stereocenters. The van der Waals surface area contributed by atoms with Gasteiger partial charge in [0.25, 0.3) is 5.56 Å². The third kappa shape index (κ3) is 3.73. The highest BCUT2D eigenvalue weighted by molar-refractivity contribution is 5.79. The number of aromatic nitrogens is 4. The van der Waals surface area contributed by atoms with Crippen LogP contribution in [-0.4, -0.2) is 25.4 Å². The van der Waals surface area contributed by atoms with Gasteiger partial charge in [0.05, 0.1) is 34.3 Å². The lowest BCUT2D eigenvalue weighted by Crippen LogP contribution is -2.37. The van der Waals surface area contributed by atoms with E-state index in [9.17, 15) is 14.0 Å². The standard InChI is InChI=1S/C21H20FN5O2/c1-12(2)19(20-24-16-5-3-4-6-17(16)25-20)26-18(28)10-27-11-23-15-8-7-13(22)9-14(15)21(27)29/h3-9,11-12,19H,10H2,1-2H3,(H,24,25)(H,26,28)/t19-/m0/s1. The van der Waals surface area contributed by atoms with E-state index in [0.29, 0.717) is 11.3 Å². The van der Waals surface area contributed by atoms with Crippen molar-refractivity contribution in [3.8, 4) is 0 Å². The number of nitrogens with zero attached hydrogens (tertiary/aromatic N) is 3. The molecule has 0 saturated heterocycles. The van der Waals surface area contributed by atoms with Gasteiger partial charge in [0.2, 0.25) is 5.91 Å². The van der Waals surface area contributed by atoms with Gasteiger partial charge in [-0.05, 0) is 36.2 Å². The summed E-state index contributed by atoms with van der Waals surface area (Å²) in [6, 6.07) is 11.1. The maximum absolute atomic E-state index is 13.5. The summed E-state index contributed by atoms with van der Waals surface area (Å²) >= 11 is 0. The number of fused-ring (bicyclic) bond motifs is 2. The summed E-state index contributed by atoms with van der Waals surface area (Å²) in [6.45, 7) is 3.73. The molecule has 8 heteroatoms. The van der Waals surface area contributed by atoms with E-state index in [1.54, 1.807) is 0 Å². The molecular weight excluding hydrogens is 373 g/mol. The van der Waals surface area contributed by atoms with Crippen molar-refractivity contribution < 1.29 is 9.18 Å². The van der Waals surface area contributed by atoms with Crippen LogP contribution in [0.1, 0.15) is 25.7 Å². The van der Waals surface area contributed by atoms with Crippen molar-refractivity contribution >= 4 is 27.8 Å². The Kier molecular flexibility index (Phi) is 4.84. The van der Waals surface area contributed by atoms with Crippen LogP contribution in [0.5, 0.6) is 0 Å². The van der Waals surface area contributed by atoms with Crippen molar-refractivity contribution in [1.29, 1.82) is 0 Å². The van der Waals surface area contributed by atoms with Crippen LogP contribution < -0.4 is 10.9 Å². The molecule has 2 aromatic heterocycles. The van der Waals surface area contributed by atoms with Gasteiger partial charge in [-0.25, -0.2) is 14.4 Å². The third-order valence-corrected chi connectivity index (χ3v) is 4.79. The number of hydrogen-bond donors (Lipinski definition) is 2. The molecule has 7 nitrogen and oxygen atoms in total. The summed E-state index contributed by atoms with van der Waals surface area (Å²) in [5, 5.41) is 3.07. The second kappa shape index (κ2) is 7.46. The lowest BCUT2D eigenvalue weighted by molar-refractivity contribution is -0.122. The Morgan fingerprint density at radius 2 is 2.00 bits per heavy atom. The normalized spacial score (nSPS) is 12.6. The number of para-hydroxylation sites is 2. The number of amides is 1. The smallest absolute Gasteiger partial charge is 0.261 e. The van der Waals surface area contributed by atoms with Gasteiger partial charge in [0.1, 0.15) is 18.2 Å². The lowest BCUT2D eigenvalue weighted by atomic mass is 10.0. The molecule has 0 aliphatic heterocycles. The Morgan fingerprint density at radius 1 is 1.21 bits per heavy atom. The zero-order valence-corrected chi connectivity index (χ0v) is 16.0. The number of rotatable bonds is 5. The Balaban J connectivity index is 1.58. The number of nitrogens with one attached hydrogen (secondary N) is 2. The van der Waals surface area contributed by atoms with Crippen molar-refractivity contribution in [2.45, 2.75) is 26.4 Å². The summed E-state index contributed by atoms with van der Waals surface area (Å²) < 4.78 is 14.7. The average molecular weight is 393 g/mol. The number of carbonyl (C=O) groups is 1. The molecule has 2 aromatic carbocycles. The minimum Gasteiger partial charge on any atom is -0.344 e. The Morgan fingerprint density at radius 3 is 2.76 bits per heavy atom. The van der Waals surface area contributed by atoms with Crippen molar-refractivity contribution in [3.05, 3.63) is 70.8 Å². The molecule has 148 valence electrons. The molecule has 4 aromatic rings. The van der Waals surface area contributed by atoms with Crippen molar-refractivity contribution in [2.24, 2.45) is 5.92 Å². The first-order chi connectivity index (χ1) is 13.9. The van der Waals surface area contributed by atoms with E-state index in [1.165, 1.54) is 23.0 Å². The molecule has 0 bridgehead atoms. The van der Waals surface area contributed by atoms with Gasteiger partial charge in [-0.1, -0.05) is 26.0 Å². The highest BCUT2D eigenvalue weighted by Gasteiger charge is 2.22. The molecule has 2 N–H and O–H groups in total. The summed E-state index contributed by atoms with van der Waals surface area (Å²) in [4.78, 5) is 37.2. The molecule has 0 spiro atoms. The number of hydrogen-bond acceptors (Lipinski definition) is 4. The van der Waals surface area contributed by atoms with E-state index in [1.807, 2.05) is 38.1 Å². The van der Waals surface area contributed by atoms with E-state index < -0.39 is 11.4 Å². The maximum Gasteiger partial charge on any atom is 0.261 e. The van der Waals surface area contributed by atoms with Crippen LogP contribution in [0, 0.1) is 11.7 Å². The van der Waals surface area contributed by atoms with Crippen LogP contribution >= 0.6 is 0 Å². The van der Waals surface area contributed by atoms with E-state index in [-0.39, 0.29) is 29.8 Å². The van der Waals surface area contributed by atoms with Crippen molar-refractivity contribution in [3.63, 3.8) is 0 Å². The highest BCUT2D eigenvalue weighted by atomic mass is 19.1. The van der Waals surface area contributed by atoms with Crippen LogP contribution in [0.15, 0.2) is 53.6 Å². The highest BCUT2D eigenvalue weighted by Crippen LogP contribution is 2.22. The fraction of sp³-hybridized carbons (Fsp3) is 0.238. The third-order valence-electron chi connectivity index (χ3n) is 4.79. The quantitative estimate of drug-likeness (QED) is 0.545. The zero-order chi connectivity index (χ0) is 20.5. The summed E-state index contributed by atoms with van der Waals surface area (Å²) in [5.41, 5.74) is 1.63. The number of aromatic amines is 1. The molecule has 1 amide bonds. The van der Waals surface area contributed by atoms with Crippen LogP contribution in [0.3, 0.4) is 0 Å². The first-order valence-corrected chi connectivity index (χ1v) is 9.31. The number of H-pyrrole nitrogens is 1. The van der Waals surface area contributed by atoms with Crippen LogP contribution in [0.4, 0.5) is 4.39 Å². The van der Waals surface area contributed by atoms with E-state index >= 15 is 0 Å². The molecule has 29 heavy (non-hydrogen) atoms. The molecule has 0 saturated carbocycles. The topological polar surface area (TPSA) is 92.7 Å². The molecule has 0 fully saturated rings. The van der Waals surface area contributed by atoms with E-state index in [0.717, 1.165) is 17.1 Å². The van der Waals surface area contributed by atoms with Crippen molar-refractivity contribution in [2.75, 3.05) is 0 Å². The lowest BCUT2D eigenvalue weighted by Gasteiger charge is -2.20. The first kappa shape index (κ1) is 18.8. The van der Waals surface area contributed by atoms with Gasteiger partial charge in [0, 0.05) is 0 Å². The molecule has 0 radical (unpaired) electrons. The minimum absolute atomic E-state index is 0.0695. The van der Waals surface area contributed by atoms with Gasteiger partial charge in [0.15, 0.2) is 0 Å². The fourth-order valence-electron chi connectivity index (χ4n) is 3.29. The first-order valence-electron chi connectivity index (χ1n) is 9.31. The van der Waals surface area contributed by atoms with Gasteiger partial charge in [-0.3, -0.25) is 14.2 Å². The second-order valence-electron chi connectivity index (χ2n) is 7.27. The van der Waals surface area contributed by atoms with Gasteiger partial charge >= 0.3 is 0 Å². The minimum atomic E-state index is -0.525. The summed E-state index contributed by atoms with van der Waals surface area (Å²) in [7, 11) is 0. The number of benzene rings is 2. The molecular formula is C21H20FN5O2. The number of halogens is 1. The monoisotopic (exact) mass is 393 g/mol. The van der Waals surface area contributed by atoms with E-state index in [2.05, 4.69) is 20.3 Å². The summed E-state index contributed by atoms with van der Waals surface area (Å²) in [6.07, 6.45) is 1.30. The van der Waals surface area contributed by atoms with Gasteiger partial charge in [-0.15, -0.1) is 0 Å². The van der Waals surface area contributed by atoms with Gasteiger partial charge in [-0.2, -0.15) is 0 Å². The number of carbonyl (C=O) groups excluding carboxylic acids is 1. The van der Waals surface area contributed by atoms with Crippen LogP contribution in [0.25, 0.3) is 21.9 Å².